The van der Waals surface area contributed by atoms with Crippen LogP contribution in [0.25, 0.3) is 0 Å². The van der Waals surface area contributed by atoms with Gasteiger partial charge in [-0.05, 0) is 122 Å². The van der Waals surface area contributed by atoms with Crippen molar-refractivity contribution in [2.75, 3.05) is 6.61 Å². The zero-order chi connectivity index (χ0) is 26.5. The van der Waals surface area contributed by atoms with Crippen LogP contribution in [0.2, 0.25) is 0 Å². The first-order valence-corrected chi connectivity index (χ1v) is 15.8. The molecule has 5 saturated carbocycles. The molecule has 0 aliphatic heterocycles. The molecule has 0 heterocycles. The summed E-state index contributed by atoms with van der Waals surface area (Å²) in [5.41, 5.74) is 0.491. The topological polar surface area (TPSA) is 87.0 Å². The second kappa shape index (κ2) is 10.7. The van der Waals surface area contributed by atoms with Crippen LogP contribution in [0.5, 0.6) is 0 Å². The molecule has 2 unspecified atom stereocenters. The Balaban J connectivity index is 1.23. The normalized spacial score (nSPS) is 50.1. The van der Waals surface area contributed by atoms with Gasteiger partial charge in [0.15, 0.2) is 0 Å². The molecule has 0 aromatic carbocycles. The highest BCUT2D eigenvalue weighted by Crippen LogP contribution is 2.69. The fourth-order valence-corrected chi connectivity index (χ4v) is 11.0. The molecule has 3 N–H and O–H groups in total. The van der Waals surface area contributed by atoms with Gasteiger partial charge in [-0.1, -0.05) is 40.5 Å². The van der Waals surface area contributed by atoms with Crippen molar-refractivity contribution in [1.82, 2.24) is 0 Å². The third-order valence-corrected chi connectivity index (χ3v) is 13.0. The van der Waals surface area contributed by atoms with Crippen LogP contribution in [0.15, 0.2) is 0 Å². The number of esters is 1. The fraction of sp³-hybridized carbons (Fsp3) is 0.969. The monoisotopic (exact) mass is 518 g/mol. The van der Waals surface area contributed by atoms with E-state index in [2.05, 4.69) is 27.7 Å². The standard InChI is InChI=1S/C32H54O5/c1-5-22-26-18-21(33)11-14-32(26,4)25-12-15-31(3)23(9-10-24(31)29(25)30(22)36)19(2)13-16-37-28(35)17-20-7-6-8-27(20)34/h19-27,29-30,33-34,36H,5-18H2,1-4H3/t19-,20?,21-,22-,23-,24+,25+,26+,27?,29+,30-,31-,32-/m1/s1. The number of ether oxygens (including phenoxy) is 1. The van der Waals surface area contributed by atoms with Gasteiger partial charge < -0.3 is 20.1 Å². The molecular formula is C32H54O5. The van der Waals surface area contributed by atoms with Gasteiger partial charge >= 0.3 is 5.97 Å². The number of aliphatic hydroxyl groups is 3. The van der Waals surface area contributed by atoms with Crippen molar-refractivity contribution in [1.29, 1.82) is 0 Å². The van der Waals surface area contributed by atoms with Crippen LogP contribution in [-0.4, -0.2) is 46.2 Å². The molecule has 5 aliphatic rings. The Bertz CT molecular complexity index is 815. The smallest absolute Gasteiger partial charge is 0.306 e. The summed E-state index contributed by atoms with van der Waals surface area (Å²) in [6.07, 6.45) is 12.0. The van der Waals surface area contributed by atoms with E-state index in [-0.39, 0.29) is 41.0 Å². The predicted molar refractivity (Wildman–Crippen MR) is 144 cm³/mol. The summed E-state index contributed by atoms with van der Waals surface area (Å²) in [5.74, 6) is 3.31. The molecule has 0 radical (unpaired) electrons. The number of carbonyl (C=O) groups excluding carboxylic acids is 1. The summed E-state index contributed by atoms with van der Waals surface area (Å²) in [4.78, 5) is 12.4. The number of fused-ring (bicyclic) bond motifs is 5. The molecule has 0 spiro atoms. The lowest BCUT2D eigenvalue weighted by molar-refractivity contribution is -0.203. The van der Waals surface area contributed by atoms with Crippen LogP contribution in [-0.2, 0) is 9.53 Å². The molecule has 0 bridgehead atoms. The molecule has 5 aliphatic carbocycles. The Kier molecular flexibility index (Phi) is 8.09. The van der Waals surface area contributed by atoms with Gasteiger partial charge in [0.25, 0.3) is 0 Å². The first kappa shape index (κ1) is 27.9. The summed E-state index contributed by atoms with van der Waals surface area (Å²) in [7, 11) is 0. The van der Waals surface area contributed by atoms with E-state index in [0.29, 0.717) is 54.5 Å². The highest BCUT2D eigenvalue weighted by atomic mass is 16.5. The second-order valence-electron chi connectivity index (χ2n) is 14.6. The van der Waals surface area contributed by atoms with E-state index in [4.69, 9.17) is 4.74 Å². The molecule has 5 heteroatoms. The zero-order valence-electron chi connectivity index (χ0n) is 23.9. The van der Waals surface area contributed by atoms with Crippen molar-refractivity contribution in [2.45, 2.75) is 129 Å². The van der Waals surface area contributed by atoms with E-state index in [9.17, 15) is 20.1 Å². The van der Waals surface area contributed by atoms with Crippen LogP contribution in [0.1, 0.15) is 111 Å². The third-order valence-electron chi connectivity index (χ3n) is 13.0. The Morgan fingerprint density at radius 2 is 1.68 bits per heavy atom. The minimum absolute atomic E-state index is 0.0809. The second-order valence-corrected chi connectivity index (χ2v) is 14.6. The molecule has 0 aromatic heterocycles. The Morgan fingerprint density at radius 1 is 0.946 bits per heavy atom. The molecule has 0 saturated heterocycles. The van der Waals surface area contributed by atoms with Crippen LogP contribution in [0.4, 0.5) is 0 Å². The predicted octanol–water partition coefficient (Wildman–Crippen LogP) is 5.73. The van der Waals surface area contributed by atoms with Crippen LogP contribution in [0.3, 0.4) is 0 Å². The summed E-state index contributed by atoms with van der Waals surface area (Å²) >= 11 is 0. The quantitative estimate of drug-likeness (QED) is 0.375. The molecule has 37 heavy (non-hydrogen) atoms. The van der Waals surface area contributed by atoms with Crippen molar-refractivity contribution >= 4 is 5.97 Å². The Labute approximate surface area is 225 Å². The van der Waals surface area contributed by atoms with E-state index in [1.54, 1.807) is 0 Å². The molecular weight excluding hydrogens is 464 g/mol. The van der Waals surface area contributed by atoms with Crippen LogP contribution < -0.4 is 0 Å². The average Bonchev–Trinajstić information content (AvgIpc) is 3.42. The lowest BCUT2D eigenvalue weighted by Gasteiger charge is -2.64. The fourth-order valence-electron chi connectivity index (χ4n) is 11.0. The van der Waals surface area contributed by atoms with Crippen LogP contribution in [0, 0.1) is 58.2 Å². The molecule has 0 aromatic rings. The van der Waals surface area contributed by atoms with Gasteiger partial charge in [-0.3, -0.25) is 4.79 Å². The van der Waals surface area contributed by atoms with Crippen molar-refractivity contribution in [3.63, 3.8) is 0 Å². The van der Waals surface area contributed by atoms with Gasteiger partial charge in [-0.15, -0.1) is 0 Å². The van der Waals surface area contributed by atoms with E-state index in [0.717, 1.165) is 51.4 Å². The molecule has 5 fully saturated rings. The number of aliphatic hydroxyl groups excluding tert-OH is 3. The van der Waals surface area contributed by atoms with Gasteiger partial charge in [0.2, 0.25) is 0 Å². The maximum atomic E-state index is 12.4. The van der Waals surface area contributed by atoms with Gasteiger partial charge in [0, 0.05) is 0 Å². The van der Waals surface area contributed by atoms with E-state index < -0.39 is 0 Å². The molecule has 5 nitrogen and oxygen atoms in total. The van der Waals surface area contributed by atoms with E-state index in [1.165, 1.54) is 25.7 Å². The molecule has 0 amide bonds. The van der Waals surface area contributed by atoms with Gasteiger partial charge in [0.05, 0.1) is 31.3 Å². The lowest BCUT2D eigenvalue weighted by Crippen LogP contribution is -2.62. The largest absolute Gasteiger partial charge is 0.466 e. The van der Waals surface area contributed by atoms with Crippen molar-refractivity contribution in [2.24, 2.45) is 58.2 Å². The summed E-state index contributed by atoms with van der Waals surface area (Å²) in [5, 5.41) is 32.4. The number of rotatable bonds is 7. The maximum Gasteiger partial charge on any atom is 0.306 e. The Morgan fingerprint density at radius 3 is 2.38 bits per heavy atom. The van der Waals surface area contributed by atoms with Crippen LogP contribution >= 0.6 is 0 Å². The molecule has 5 rings (SSSR count). The minimum atomic E-state index is -0.337. The molecule has 212 valence electrons. The molecule has 13 atom stereocenters. The lowest BCUT2D eigenvalue weighted by atomic mass is 9.41. The van der Waals surface area contributed by atoms with Gasteiger partial charge in [-0.25, -0.2) is 0 Å². The van der Waals surface area contributed by atoms with Crippen molar-refractivity contribution < 1.29 is 24.9 Å². The van der Waals surface area contributed by atoms with E-state index in [1.807, 2.05) is 0 Å². The van der Waals surface area contributed by atoms with Crippen molar-refractivity contribution in [3.8, 4) is 0 Å². The highest BCUT2D eigenvalue weighted by Gasteiger charge is 2.64. The average molecular weight is 519 g/mol. The van der Waals surface area contributed by atoms with Gasteiger partial charge in [0.1, 0.15) is 0 Å². The van der Waals surface area contributed by atoms with Gasteiger partial charge in [-0.2, -0.15) is 0 Å². The maximum absolute atomic E-state index is 12.4. The first-order valence-electron chi connectivity index (χ1n) is 15.8. The zero-order valence-corrected chi connectivity index (χ0v) is 23.9. The summed E-state index contributed by atoms with van der Waals surface area (Å²) in [6, 6.07) is 0. The highest BCUT2D eigenvalue weighted by molar-refractivity contribution is 5.69. The summed E-state index contributed by atoms with van der Waals surface area (Å²) in [6.45, 7) is 10.1. The van der Waals surface area contributed by atoms with E-state index >= 15 is 0 Å². The summed E-state index contributed by atoms with van der Waals surface area (Å²) < 4.78 is 5.65. The Hall–Kier alpha value is -0.650. The number of hydrogen-bond acceptors (Lipinski definition) is 5. The minimum Gasteiger partial charge on any atom is -0.466 e. The number of carbonyl (C=O) groups is 1. The SMILES string of the molecule is CC[C@H]1[C@@H](O)[C@@H]2[C@H](CC[C@]3(C)[C@@H]([C@H](C)CCOC(=O)CC4CCCC4O)CC[C@@H]23)[C@@]2(C)CC[C@@H](O)C[C@@H]12. The first-order chi connectivity index (χ1) is 17.6. The number of hydrogen-bond donors (Lipinski definition) is 3. The van der Waals surface area contributed by atoms with Crippen molar-refractivity contribution in [3.05, 3.63) is 0 Å². The third kappa shape index (κ3) is 4.82.